The van der Waals surface area contributed by atoms with E-state index in [1.54, 1.807) is 12.3 Å². The van der Waals surface area contributed by atoms with Gasteiger partial charge in [0.15, 0.2) is 6.01 Å². The Kier molecular flexibility index (Phi) is 3.41. The summed E-state index contributed by atoms with van der Waals surface area (Å²) in [6.07, 6.45) is 1.81. The quantitative estimate of drug-likeness (QED) is 0.940. The molecule has 0 amide bonds. The lowest BCUT2D eigenvalue weighted by Gasteiger charge is -2.04. The predicted molar refractivity (Wildman–Crippen MR) is 68.5 cm³/mol. The molecule has 0 saturated carbocycles. The third-order valence-electron chi connectivity index (χ3n) is 2.57. The van der Waals surface area contributed by atoms with Crippen LogP contribution >= 0.6 is 15.9 Å². The molecule has 2 rings (SSSR count). The number of hydrogen-bond donors (Lipinski definition) is 1. The van der Waals surface area contributed by atoms with Gasteiger partial charge in [0.1, 0.15) is 0 Å². The van der Waals surface area contributed by atoms with E-state index in [-0.39, 0.29) is 11.3 Å². The maximum atomic E-state index is 12.5. The summed E-state index contributed by atoms with van der Waals surface area (Å²) in [7, 11) is -3.94. The van der Waals surface area contributed by atoms with Crippen molar-refractivity contribution in [1.29, 1.82) is 5.26 Å². The number of benzene rings is 1. The third kappa shape index (κ3) is 2.13. The highest BCUT2D eigenvalue weighted by molar-refractivity contribution is 9.10. The molecule has 0 aliphatic heterocycles. The van der Waals surface area contributed by atoms with Crippen LogP contribution in [0.1, 0.15) is 5.56 Å². The minimum absolute atomic E-state index is 0.101. The first-order chi connectivity index (χ1) is 8.49. The Morgan fingerprint density at radius 2 is 2.17 bits per heavy atom. The molecule has 1 aromatic heterocycles. The smallest absolute Gasteiger partial charge is 0.208 e. The summed E-state index contributed by atoms with van der Waals surface area (Å²) in [5.41, 5.74) is 1.39. The number of sulfone groups is 1. The number of nitrogens with zero attached hydrogens (tertiary/aromatic N) is 1. The first kappa shape index (κ1) is 13.1. The van der Waals surface area contributed by atoms with Crippen molar-refractivity contribution >= 4 is 36.7 Å². The van der Waals surface area contributed by atoms with E-state index in [0.717, 1.165) is 0 Å². The molecule has 0 aliphatic rings. The number of H-pyrrole nitrogens is 1. The van der Waals surface area contributed by atoms with Crippen molar-refractivity contribution in [3.63, 3.8) is 0 Å². The summed E-state index contributed by atoms with van der Waals surface area (Å²) < 4.78 is 36.0. The van der Waals surface area contributed by atoms with E-state index < -0.39 is 15.8 Å². The van der Waals surface area contributed by atoms with Crippen molar-refractivity contribution in [2.45, 2.75) is 11.3 Å². The monoisotopic (exact) mass is 330 g/mol. The molecule has 0 radical (unpaired) electrons. The van der Waals surface area contributed by atoms with Gasteiger partial charge in [-0.2, -0.15) is 5.26 Å². The zero-order valence-corrected chi connectivity index (χ0v) is 11.5. The fraction of sp³-hybridized carbons (Fsp3) is 0.182. The Morgan fingerprint density at radius 3 is 2.78 bits per heavy atom. The Bertz CT molecular complexity index is 746. The molecule has 7 heteroatoms. The van der Waals surface area contributed by atoms with Crippen LogP contribution in [-0.4, -0.2) is 19.4 Å². The first-order valence-corrected chi connectivity index (χ1v) is 7.39. The molecule has 0 spiro atoms. The fourth-order valence-corrected chi connectivity index (χ4v) is 3.56. The summed E-state index contributed by atoms with van der Waals surface area (Å²) in [6.45, 7) is 0. The Morgan fingerprint density at radius 1 is 1.44 bits per heavy atom. The van der Waals surface area contributed by atoms with Gasteiger partial charge >= 0.3 is 0 Å². The van der Waals surface area contributed by atoms with Gasteiger partial charge in [-0.3, -0.25) is 0 Å². The van der Waals surface area contributed by atoms with Crippen molar-refractivity contribution in [2.24, 2.45) is 0 Å². The number of nitrogens with one attached hydrogen (secondary N) is 1. The molecule has 0 unspecified atom stereocenters. The second-order valence-corrected chi connectivity index (χ2v) is 6.44. The molecule has 1 heterocycles. The second kappa shape index (κ2) is 4.71. The summed E-state index contributed by atoms with van der Waals surface area (Å²) in [4.78, 5) is 2.84. The fourth-order valence-electron chi connectivity index (χ4n) is 1.71. The van der Waals surface area contributed by atoms with Crippen LogP contribution in [0.5, 0.6) is 0 Å². The highest BCUT2D eigenvalue weighted by atomic mass is 79.9. The number of nitriles is 1. The second-order valence-electron chi connectivity index (χ2n) is 3.70. The highest BCUT2D eigenvalue weighted by Gasteiger charge is 2.19. The van der Waals surface area contributed by atoms with E-state index in [4.69, 9.17) is 5.26 Å². The van der Waals surface area contributed by atoms with Gasteiger partial charge in [0.2, 0.25) is 9.84 Å². The Hall–Kier alpha value is -1.39. The number of alkyl halides is 1. The van der Waals surface area contributed by atoms with Gasteiger partial charge in [0.25, 0.3) is 0 Å². The molecule has 18 heavy (non-hydrogen) atoms. The molecule has 0 atom stereocenters. The lowest BCUT2D eigenvalue weighted by molar-refractivity contribution is 0.534. The summed E-state index contributed by atoms with van der Waals surface area (Å²) in [5, 5.41) is 9.29. The molecule has 94 valence electrons. The van der Waals surface area contributed by atoms with Crippen molar-refractivity contribution in [2.75, 3.05) is 6.01 Å². The van der Waals surface area contributed by atoms with Crippen LogP contribution in [0.25, 0.3) is 10.9 Å². The standard InChI is InChI=1S/C11H8BrFN2O2S/c12-9-4-10-8(7(1-2-14)5-15-10)3-11(9)18(16,17)6-13/h3-5,15H,1,6H2. The first-order valence-electron chi connectivity index (χ1n) is 4.95. The largest absolute Gasteiger partial charge is 0.361 e. The number of aromatic nitrogens is 1. The van der Waals surface area contributed by atoms with E-state index in [2.05, 4.69) is 20.9 Å². The minimum atomic E-state index is -3.94. The predicted octanol–water partition coefficient (Wildman–Crippen LogP) is 2.70. The van der Waals surface area contributed by atoms with Crippen molar-refractivity contribution in [3.05, 3.63) is 28.4 Å². The summed E-state index contributed by atoms with van der Waals surface area (Å²) in [6, 6.07) is 3.50. The number of halogens is 2. The Labute approximate surface area is 111 Å². The van der Waals surface area contributed by atoms with Crippen LogP contribution in [0, 0.1) is 11.3 Å². The lowest BCUT2D eigenvalue weighted by atomic mass is 10.1. The van der Waals surface area contributed by atoms with E-state index in [1.807, 2.05) is 6.07 Å². The Balaban J connectivity index is 2.74. The average molecular weight is 331 g/mol. The van der Waals surface area contributed by atoms with Gasteiger partial charge in [-0.25, -0.2) is 12.8 Å². The van der Waals surface area contributed by atoms with Crippen LogP contribution in [0.2, 0.25) is 0 Å². The molecular weight excluding hydrogens is 323 g/mol. The van der Waals surface area contributed by atoms with Gasteiger partial charge in [0.05, 0.1) is 17.4 Å². The van der Waals surface area contributed by atoms with Crippen molar-refractivity contribution in [1.82, 2.24) is 4.98 Å². The van der Waals surface area contributed by atoms with Gasteiger partial charge < -0.3 is 4.98 Å². The normalized spacial score (nSPS) is 11.6. The summed E-state index contributed by atoms with van der Waals surface area (Å²) >= 11 is 3.11. The van der Waals surface area contributed by atoms with E-state index in [0.29, 0.717) is 20.9 Å². The molecule has 1 aromatic carbocycles. The van der Waals surface area contributed by atoms with Crippen LogP contribution in [0.15, 0.2) is 27.7 Å². The number of fused-ring (bicyclic) bond motifs is 1. The molecule has 0 saturated heterocycles. The van der Waals surface area contributed by atoms with Crippen LogP contribution in [0.3, 0.4) is 0 Å². The zero-order chi connectivity index (χ0) is 13.3. The lowest BCUT2D eigenvalue weighted by Crippen LogP contribution is -2.03. The highest BCUT2D eigenvalue weighted by Crippen LogP contribution is 2.30. The van der Waals surface area contributed by atoms with Crippen LogP contribution in [0.4, 0.5) is 4.39 Å². The van der Waals surface area contributed by atoms with E-state index in [9.17, 15) is 12.8 Å². The van der Waals surface area contributed by atoms with Crippen LogP contribution < -0.4 is 0 Å². The van der Waals surface area contributed by atoms with E-state index >= 15 is 0 Å². The SMILES string of the molecule is N#CCc1c[nH]c2cc(Br)c(S(=O)(=O)CF)cc12. The van der Waals surface area contributed by atoms with Gasteiger partial charge in [-0.15, -0.1) is 0 Å². The molecule has 1 N–H and O–H groups in total. The van der Waals surface area contributed by atoms with Crippen molar-refractivity contribution in [3.8, 4) is 6.07 Å². The van der Waals surface area contributed by atoms with Gasteiger partial charge in [-0.1, -0.05) is 0 Å². The molecule has 4 nitrogen and oxygen atoms in total. The summed E-state index contributed by atoms with van der Waals surface area (Å²) in [5.74, 6) is 0. The maximum absolute atomic E-state index is 12.5. The topological polar surface area (TPSA) is 73.7 Å². The van der Waals surface area contributed by atoms with Gasteiger partial charge in [-0.05, 0) is 33.6 Å². The van der Waals surface area contributed by atoms with Crippen LogP contribution in [-0.2, 0) is 16.3 Å². The molecule has 0 fully saturated rings. The number of aromatic amines is 1. The third-order valence-corrected chi connectivity index (χ3v) is 4.78. The number of hydrogen-bond acceptors (Lipinski definition) is 3. The minimum Gasteiger partial charge on any atom is -0.361 e. The van der Waals surface area contributed by atoms with Crippen molar-refractivity contribution < 1.29 is 12.8 Å². The number of rotatable bonds is 3. The average Bonchev–Trinajstić information content (AvgIpc) is 2.71. The molecule has 2 aromatic rings. The molecule has 0 aliphatic carbocycles. The molecule has 0 bridgehead atoms. The maximum Gasteiger partial charge on any atom is 0.208 e. The van der Waals surface area contributed by atoms with E-state index in [1.165, 1.54) is 6.07 Å². The molecular formula is C11H8BrFN2O2S. The zero-order valence-electron chi connectivity index (χ0n) is 9.07. The van der Waals surface area contributed by atoms with Gasteiger partial charge in [0, 0.05) is 21.6 Å².